The number of carbonyl (C=O) groups is 1. The molecule has 0 unspecified atom stereocenters. The predicted molar refractivity (Wildman–Crippen MR) is 101 cm³/mol. The molecular formula is C17H14BrClF3N5O. The molecule has 148 valence electrons. The van der Waals surface area contributed by atoms with Crippen LogP contribution in [0.3, 0.4) is 0 Å². The van der Waals surface area contributed by atoms with Gasteiger partial charge in [0.05, 0.1) is 28.6 Å². The summed E-state index contributed by atoms with van der Waals surface area (Å²) in [6.45, 7) is 1.49. The van der Waals surface area contributed by atoms with E-state index < -0.39 is 17.8 Å². The van der Waals surface area contributed by atoms with Crippen LogP contribution in [0.4, 0.5) is 18.9 Å². The minimum absolute atomic E-state index is 0.180. The van der Waals surface area contributed by atoms with Gasteiger partial charge in [-0.15, -0.1) is 0 Å². The van der Waals surface area contributed by atoms with E-state index in [1.54, 1.807) is 16.9 Å². The van der Waals surface area contributed by atoms with Crippen LogP contribution >= 0.6 is 27.5 Å². The Hall–Kier alpha value is -2.33. The number of hydrogen-bond donors (Lipinski definition) is 1. The van der Waals surface area contributed by atoms with Crippen molar-refractivity contribution < 1.29 is 18.0 Å². The first-order chi connectivity index (χ1) is 13.1. The number of rotatable bonds is 5. The van der Waals surface area contributed by atoms with Gasteiger partial charge in [0.25, 0.3) is 0 Å². The first kappa shape index (κ1) is 20.4. The summed E-state index contributed by atoms with van der Waals surface area (Å²) >= 11 is 8.99. The number of halogens is 5. The second-order valence-electron chi connectivity index (χ2n) is 5.97. The van der Waals surface area contributed by atoms with E-state index in [9.17, 15) is 18.0 Å². The number of nitrogens with zero attached hydrogens (tertiary/aromatic N) is 4. The summed E-state index contributed by atoms with van der Waals surface area (Å²) in [4.78, 5) is 12.2. The van der Waals surface area contributed by atoms with E-state index in [2.05, 4.69) is 31.4 Å². The van der Waals surface area contributed by atoms with Crippen molar-refractivity contribution in [2.75, 3.05) is 5.32 Å². The summed E-state index contributed by atoms with van der Waals surface area (Å²) in [5.74, 6) is -0.524. The third-order valence-electron chi connectivity index (χ3n) is 3.90. The molecule has 6 nitrogen and oxygen atoms in total. The lowest BCUT2D eigenvalue weighted by Crippen LogP contribution is -2.20. The average molecular weight is 477 g/mol. The number of hydrogen-bond acceptors (Lipinski definition) is 3. The Morgan fingerprint density at radius 3 is 2.68 bits per heavy atom. The molecule has 0 saturated heterocycles. The number of alkyl halides is 3. The van der Waals surface area contributed by atoms with Gasteiger partial charge >= 0.3 is 6.18 Å². The van der Waals surface area contributed by atoms with Gasteiger partial charge in [0.1, 0.15) is 6.54 Å². The molecule has 0 atom stereocenters. The highest BCUT2D eigenvalue weighted by Crippen LogP contribution is 2.35. The largest absolute Gasteiger partial charge is 0.436 e. The van der Waals surface area contributed by atoms with Crippen molar-refractivity contribution in [3.05, 3.63) is 63.1 Å². The normalized spacial score (nSPS) is 11.6. The van der Waals surface area contributed by atoms with Gasteiger partial charge in [-0.05, 0) is 34.5 Å². The van der Waals surface area contributed by atoms with E-state index in [0.29, 0.717) is 17.3 Å². The molecule has 2 heterocycles. The molecule has 0 aliphatic heterocycles. The summed E-state index contributed by atoms with van der Waals surface area (Å²) < 4.78 is 41.1. The van der Waals surface area contributed by atoms with Crippen LogP contribution in [0.5, 0.6) is 0 Å². The molecule has 1 aromatic carbocycles. The maximum Gasteiger partial charge on any atom is 0.436 e. The molecule has 1 N–H and O–H groups in total. The number of aromatic nitrogens is 4. The number of amides is 1. The molecule has 0 fully saturated rings. The van der Waals surface area contributed by atoms with E-state index in [4.69, 9.17) is 11.6 Å². The minimum Gasteiger partial charge on any atom is -0.322 e. The van der Waals surface area contributed by atoms with E-state index in [0.717, 1.165) is 10.2 Å². The van der Waals surface area contributed by atoms with Crippen molar-refractivity contribution in [1.29, 1.82) is 0 Å². The fourth-order valence-electron chi connectivity index (χ4n) is 2.51. The fourth-order valence-corrected chi connectivity index (χ4v) is 3.22. The summed E-state index contributed by atoms with van der Waals surface area (Å²) in [6.07, 6.45) is -1.55. The molecule has 0 spiro atoms. The van der Waals surface area contributed by atoms with Crippen LogP contribution in [0.25, 0.3) is 0 Å². The Kier molecular flexibility index (Phi) is 5.80. The molecular weight excluding hydrogens is 463 g/mol. The highest BCUT2D eigenvalue weighted by molar-refractivity contribution is 9.10. The Bertz CT molecular complexity index is 1010. The smallest absolute Gasteiger partial charge is 0.322 e. The lowest BCUT2D eigenvalue weighted by atomic mass is 10.2. The van der Waals surface area contributed by atoms with Gasteiger partial charge in [-0.2, -0.15) is 23.4 Å². The molecule has 1 amide bonds. The first-order valence-corrected chi connectivity index (χ1v) is 9.18. The molecule has 0 saturated carbocycles. The number of anilines is 1. The zero-order valence-corrected chi connectivity index (χ0v) is 16.8. The quantitative estimate of drug-likeness (QED) is 0.589. The van der Waals surface area contributed by atoms with Gasteiger partial charge in [-0.25, -0.2) is 0 Å². The zero-order valence-electron chi connectivity index (χ0n) is 14.5. The van der Waals surface area contributed by atoms with Crippen molar-refractivity contribution >= 4 is 39.1 Å². The molecule has 3 rings (SSSR count). The zero-order chi connectivity index (χ0) is 20.5. The Morgan fingerprint density at radius 1 is 1.32 bits per heavy atom. The molecule has 2 aromatic heterocycles. The van der Waals surface area contributed by atoms with E-state index in [1.165, 1.54) is 13.1 Å². The minimum atomic E-state index is -4.61. The predicted octanol–water partition coefficient (Wildman–Crippen LogP) is 4.51. The van der Waals surface area contributed by atoms with Crippen molar-refractivity contribution in [2.24, 2.45) is 0 Å². The van der Waals surface area contributed by atoms with Crippen LogP contribution in [0.2, 0.25) is 5.02 Å². The van der Waals surface area contributed by atoms with E-state index >= 15 is 0 Å². The maximum absolute atomic E-state index is 12.9. The topological polar surface area (TPSA) is 64.7 Å². The summed E-state index contributed by atoms with van der Waals surface area (Å²) in [7, 11) is 0. The molecule has 0 aliphatic carbocycles. The maximum atomic E-state index is 12.9. The average Bonchev–Trinajstić information content (AvgIpc) is 3.16. The standard InChI is InChI=1S/C17H14BrClF3N5O/c1-10-15(18)16(17(20,21)22)25-27(10)9-14(28)24-12-6-23-26(8-12)7-11-4-2-3-5-13(11)19/h2-6,8H,7,9H2,1H3,(H,24,28). The van der Waals surface area contributed by atoms with Crippen LogP contribution in [-0.4, -0.2) is 25.5 Å². The van der Waals surface area contributed by atoms with Crippen molar-refractivity contribution in [1.82, 2.24) is 19.6 Å². The first-order valence-electron chi connectivity index (χ1n) is 8.01. The van der Waals surface area contributed by atoms with Crippen LogP contribution < -0.4 is 5.32 Å². The van der Waals surface area contributed by atoms with Crippen LogP contribution in [0.1, 0.15) is 17.0 Å². The van der Waals surface area contributed by atoms with Gasteiger partial charge in [0, 0.05) is 11.2 Å². The number of benzene rings is 1. The molecule has 3 aromatic rings. The van der Waals surface area contributed by atoms with Crippen LogP contribution in [0.15, 0.2) is 41.1 Å². The van der Waals surface area contributed by atoms with Crippen molar-refractivity contribution in [2.45, 2.75) is 26.2 Å². The molecule has 0 bridgehead atoms. The fraction of sp³-hybridized carbons (Fsp3) is 0.235. The third-order valence-corrected chi connectivity index (χ3v) is 5.22. The highest BCUT2D eigenvalue weighted by atomic mass is 79.9. The monoisotopic (exact) mass is 475 g/mol. The van der Waals surface area contributed by atoms with Gasteiger partial charge in [-0.1, -0.05) is 29.8 Å². The molecule has 11 heteroatoms. The van der Waals surface area contributed by atoms with Gasteiger partial charge < -0.3 is 5.32 Å². The lowest BCUT2D eigenvalue weighted by molar-refractivity contribution is -0.142. The summed E-state index contributed by atoms with van der Waals surface area (Å²) in [5.41, 5.74) is 0.418. The Morgan fingerprint density at radius 2 is 2.04 bits per heavy atom. The van der Waals surface area contributed by atoms with E-state index in [-0.39, 0.29) is 16.7 Å². The van der Waals surface area contributed by atoms with E-state index in [1.807, 2.05) is 18.2 Å². The highest BCUT2D eigenvalue weighted by Gasteiger charge is 2.38. The lowest BCUT2D eigenvalue weighted by Gasteiger charge is -2.05. The van der Waals surface area contributed by atoms with Crippen LogP contribution in [-0.2, 0) is 24.1 Å². The van der Waals surface area contributed by atoms with Gasteiger partial charge in [-0.3, -0.25) is 14.2 Å². The van der Waals surface area contributed by atoms with Crippen molar-refractivity contribution in [3.63, 3.8) is 0 Å². The SMILES string of the molecule is Cc1c(Br)c(C(F)(F)F)nn1CC(=O)Nc1cnn(Cc2ccccc2Cl)c1. The second-order valence-corrected chi connectivity index (χ2v) is 7.17. The third kappa shape index (κ3) is 4.56. The number of nitrogens with one attached hydrogen (secondary N) is 1. The number of carbonyl (C=O) groups excluding carboxylic acids is 1. The second kappa shape index (κ2) is 7.96. The molecule has 0 radical (unpaired) electrons. The van der Waals surface area contributed by atoms with Crippen LogP contribution in [0, 0.1) is 6.92 Å². The van der Waals surface area contributed by atoms with Gasteiger partial charge in [0.15, 0.2) is 5.69 Å². The molecule has 28 heavy (non-hydrogen) atoms. The Balaban J connectivity index is 1.66. The summed E-state index contributed by atoms with van der Waals surface area (Å²) in [6, 6.07) is 7.30. The van der Waals surface area contributed by atoms with Crippen molar-refractivity contribution in [3.8, 4) is 0 Å². The molecule has 0 aliphatic rings. The van der Waals surface area contributed by atoms with Gasteiger partial charge in [0.2, 0.25) is 5.91 Å². The summed E-state index contributed by atoms with van der Waals surface area (Å²) in [5, 5.41) is 10.8. The Labute approximate surface area is 171 Å².